The van der Waals surface area contributed by atoms with Gasteiger partial charge in [-0.3, -0.25) is 0 Å². The van der Waals surface area contributed by atoms with Gasteiger partial charge < -0.3 is 14.6 Å². The fraction of sp³-hybridized carbons (Fsp3) is 0.533. The van der Waals surface area contributed by atoms with Gasteiger partial charge in [-0.1, -0.05) is 0 Å². The van der Waals surface area contributed by atoms with Gasteiger partial charge in [-0.2, -0.15) is 0 Å². The van der Waals surface area contributed by atoms with Crippen LogP contribution in [0.4, 0.5) is 0 Å². The first-order chi connectivity index (χ1) is 8.58. The molecule has 1 rings (SSSR count). The van der Waals surface area contributed by atoms with Crippen molar-refractivity contribution in [3.8, 4) is 5.75 Å². The molecule has 1 aromatic rings. The Bertz CT molecular complexity index is 470. The highest BCUT2D eigenvalue weighted by molar-refractivity contribution is 5.89. The summed E-state index contributed by atoms with van der Waals surface area (Å²) in [7, 11) is 1.35. The Kier molecular flexibility index (Phi) is 4.25. The number of carbonyl (C=O) groups excluding carboxylic acids is 1. The lowest BCUT2D eigenvalue weighted by Crippen LogP contribution is -2.49. The lowest BCUT2D eigenvalue weighted by molar-refractivity contribution is -0.0909. The number of ether oxygens (including phenoxy) is 2. The van der Waals surface area contributed by atoms with Crippen molar-refractivity contribution >= 4 is 5.97 Å². The molecule has 1 aromatic carbocycles. The third-order valence-corrected chi connectivity index (χ3v) is 3.43. The van der Waals surface area contributed by atoms with Gasteiger partial charge in [0.2, 0.25) is 0 Å². The minimum absolute atomic E-state index is 0.378. The highest BCUT2D eigenvalue weighted by Crippen LogP contribution is 2.30. The van der Waals surface area contributed by atoms with E-state index < -0.39 is 11.2 Å². The van der Waals surface area contributed by atoms with Gasteiger partial charge >= 0.3 is 5.97 Å². The highest BCUT2D eigenvalue weighted by Gasteiger charge is 2.37. The summed E-state index contributed by atoms with van der Waals surface area (Å²) < 4.78 is 10.5. The zero-order valence-corrected chi connectivity index (χ0v) is 12.4. The SMILES string of the molecule is COC(=O)c1ccc(OC(C)(C)C(C)(C)O)c(C)c1. The molecule has 0 unspecified atom stereocenters. The van der Waals surface area contributed by atoms with Crippen LogP contribution < -0.4 is 4.74 Å². The molecule has 0 aromatic heterocycles. The van der Waals surface area contributed by atoms with Gasteiger partial charge in [-0.25, -0.2) is 4.79 Å². The van der Waals surface area contributed by atoms with Crippen molar-refractivity contribution in [1.29, 1.82) is 0 Å². The van der Waals surface area contributed by atoms with Crippen molar-refractivity contribution in [2.75, 3.05) is 7.11 Å². The molecule has 1 N–H and O–H groups in total. The van der Waals surface area contributed by atoms with Gasteiger partial charge in [0, 0.05) is 0 Å². The van der Waals surface area contributed by atoms with Crippen molar-refractivity contribution in [2.24, 2.45) is 0 Å². The molecule has 0 fully saturated rings. The summed E-state index contributed by atoms with van der Waals surface area (Å²) in [6, 6.07) is 5.07. The predicted molar refractivity (Wildman–Crippen MR) is 73.5 cm³/mol. The molecule has 4 heteroatoms. The van der Waals surface area contributed by atoms with Crippen LogP contribution in [0.2, 0.25) is 0 Å². The largest absolute Gasteiger partial charge is 0.485 e. The van der Waals surface area contributed by atoms with Gasteiger partial charge in [0.05, 0.1) is 18.3 Å². The maximum atomic E-state index is 11.4. The Morgan fingerprint density at radius 1 is 1.21 bits per heavy atom. The van der Waals surface area contributed by atoms with E-state index in [1.807, 2.05) is 20.8 Å². The van der Waals surface area contributed by atoms with Crippen LogP contribution in [0.5, 0.6) is 5.75 Å². The predicted octanol–water partition coefficient (Wildman–Crippen LogP) is 2.71. The Hall–Kier alpha value is -1.55. The zero-order valence-electron chi connectivity index (χ0n) is 12.4. The summed E-state index contributed by atoms with van der Waals surface area (Å²) in [5, 5.41) is 10.1. The Morgan fingerprint density at radius 2 is 1.79 bits per heavy atom. The molecule has 0 atom stereocenters. The standard InChI is InChI=1S/C15H22O4/c1-10-9-11(13(16)18-6)7-8-12(10)19-15(4,5)14(2,3)17/h7-9,17H,1-6H3. The molecule has 19 heavy (non-hydrogen) atoms. The van der Waals surface area contributed by atoms with E-state index in [0.717, 1.165) is 5.56 Å². The molecule has 0 heterocycles. The van der Waals surface area contributed by atoms with Crippen molar-refractivity contribution < 1.29 is 19.4 Å². The summed E-state index contributed by atoms with van der Waals surface area (Å²) in [5.74, 6) is 0.260. The topological polar surface area (TPSA) is 55.8 Å². The van der Waals surface area contributed by atoms with Gasteiger partial charge in [0.1, 0.15) is 11.4 Å². The maximum Gasteiger partial charge on any atom is 0.337 e. The smallest absolute Gasteiger partial charge is 0.337 e. The number of rotatable bonds is 4. The van der Waals surface area contributed by atoms with Gasteiger partial charge in [-0.05, 0) is 58.4 Å². The number of benzene rings is 1. The van der Waals surface area contributed by atoms with Crippen molar-refractivity contribution in [3.05, 3.63) is 29.3 Å². The molecule has 0 saturated heterocycles. The number of hydrogen-bond acceptors (Lipinski definition) is 4. The van der Waals surface area contributed by atoms with E-state index in [9.17, 15) is 9.90 Å². The Labute approximate surface area is 114 Å². The Morgan fingerprint density at radius 3 is 2.21 bits per heavy atom. The summed E-state index contributed by atoms with van der Waals surface area (Å²) in [6.45, 7) is 8.89. The van der Waals surface area contributed by atoms with Crippen LogP contribution in [-0.4, -0.2) is 29.4 Å². The summed E-state index contributed by atoms with van der Waals surface area (Å²) in [5.41, 5.74) is -0.431. The van der Waals surface area contributed by atoms with Gasteiger partial charge in [0.25, 0.3) is 0 Å². The van der Waals surface area contributed by atoms with Crippen molar-refractivity contribution in [3.63, 3.8) is 0 Å². The molecular formula is C15H22O4. The van der Waals surface area contributed by atoms with Crippen LogP contribution in [0, 0.1) is 6.92 Å². The van der Waals surface area contributed by atoms with Crippen LogP contribution in [0.3, 0.4) is 0 Å². The quantitative estimate of drug-likeness (QED) is 0.851. The average Bonchev–Trinajstić information content (AvgIpc) is 2.29. The highest BCUT2D eigenvalue weighted by atomic mass is 16.5. The minimum Gasteiger partial charge on any atom is -0.485 e. The average molecular weight is 266 g/mol. The lowest BCUT2D eigenvalue weighted by Gasteiger charge is -2.37. The zero-order chi connectivity index (χ0) is 14.8. The van der Waals surface area contributed by atoms with Crippen LogP contribution in [0.1, 0.15) is 43.6 Å². The maximum absolute atomic E-state index is 11.4. The molecule has 106 valence electrons. The number of aryl methyl sites for hydroxylation is 1. The van der Waals surface area contributed by atoms with Gasteiger partial charge in [0.15, 0.2) is 0 Å². The summed E-state index contributed by atoms with van der Waals surface area (Å²) in [4.78, 5) is 11.4. The monoisotopic (exact) mass is 266 g/mol. The van der Waals surface area contributed by atoms with Crippen LogP contribution in [0.15, 0.2) is 18.2 Å². The first kappa shape index (κ1) is 15.5. The van der Waals surface area contributed by atoms with E-state index in [1.165, 1.54) is 7.11 Å². The van der Waals surface area contributed by atoms with E-state index >= 15 is 0 Å². The second-order valence-electron chi connectivity index (χ2n) is 5.64. The van der Waals surface area contributed by atoms with Gasteiger partial charge in [-0.15, -0.1) is 0 Å². The van der Waals surface area contributed by atoms with Crippen molar-refractivity contribution in [1.82, 2.24) is 0 Å². The fourth-order valence-electron chi connectivity index (χ4n) is 1.41. The molecule has 0 radical (unpaired) electrons. The second kappa shape index (κ2) is 5.21. The van der Waals surface area contributed by atoms with E-state index in [-0.39, 0.29) is 5.97 Å². The summed E-state index contributed by atoms with van der Waals surface area (Å²) in [6.07, 6.45) is 0. The van der Waals surface area contributed by atoms with Crippen LogP contribution in [0.25, 0.3) is 0 Å². The molecule has 0 spiro atoms. The molecule has 0 aliphatic rings. The number of carbonyl (C=O) groups is 1. The molecule has 0 bridgehead atoms. The molecular weight excluding hydrogens is 244 g/mol. The van der Waals surface area contributed by atoms with E-state index in [4.69, 9.17) is 4.74 Å². The number of hydrogen-bond donors (Lipinski definition) is 1. The number of methoxy groups -OCH3 is 1. The molecule has 0 aliphatic carbocycles. The minimum atomic E-state index is -0.986. The second-order valence-corrected chi connectivity index (χ2v) is 5.64. The number of esters is 1. The number of aliphatic hydroxyl groups is 1. The Balaban J connectivity index is 3.02. The van der Waals surface area contributed by atoms with Crippen molar-refractivity contribution in [2.45, 2.75) is 45.8 Å². The van der Waals surface area contributed by atoms with E-state index in [1.54, 1.807) is 32.0 Å². The van der Waals surface area contributed by atoms with Crippen LogP contribution in [-0.2, 0) is 4.74 Å². The third-order valence-electron chi connectivity index (χ3n) is 3.43. The normalized spacial score (nSPS) is 12.2. The third kappa shape index (κ3) is 3.47. The molecule has 4 nitrogen and oxygen atoms in total. The molecule has 0 aliphatic heterocycles. The lowest BCUT2D eigenvalue weighted by atomic mass is 9.89. The first-order valence-electron chi connectivity index (χ1n) is 6.19. The summed E-state index contributed by atoms with van der Waals surface area (Å²) >= 11 is 0. The molecule has 0 amide bonds. The van der Waals surface area contributed by atoms with Crippen LogP contribution >= 0.6 is 0 Å². The molecule has 0 saturated carbocycles. The van der Waals surface area contributed by atoms with E-state index in [0.29, 0.717) is 11.3 Å². The fourth-order valence-corrected chi connectivity index (χ4v) is 1.41. The van der Waals surface area contributed by atoms with E-state index in [2.05, 4.69) is 4.74 Å². The first-order valence-corrected chi connectivity index (χ1v) is 6.19.